The molecule has 0 aliphatic carbocycles. The smallest absolute Gasteiger partial charge is 0.260 e. The Morgan fingerprint density at radius 2 is 2.07 bits per heavy atom. The van der Waals surface area contributed by atoms with Crippen molar-refractivity contribution in [3.63, 3.8) is 0 Å². The van der Waals surface area contributed by atoms with Crippen LogP contribution in [0.15, 0.2) is 36.7 Å². The van der Waals surface area contributed by atoms with Crippen LogP contribution < -0.4 is 4.74 Å². The maximum atomic E-state index is 12.9. The third-order valence-electron chi connectivity index (χ3n) is 5.33. The van der Waals surface area contributed by atoms with Crippen LogP contribution in [0, 0.1) is 5.92 Å². The van der Waals surface area contributed by atoms with E-state index in [0.29, 0.717) is 25.5 Å². The van der Waals surface area contributed by atoms with Crippen LogP contribution in [0.4, 0.5) is 0 Å². The van der Waals surface area contributed by atoms with Crippen molar-refractivity contribution in [1.82, 2.24) is 24.6 Å². The van der Waals surface area contributed by atoms with Crippen molar-refractivity contribution in [2.45, 2.75) is 26.1 Å². The standard InChI is InChI=1S/C20H27N5O3/c1-2-25-19(21-15-22-25)11-23-8-16-9-24(17(10-23)13-27-12-16)20(26)14-28-18-6-4-3-5-7-18/h3-7,15-17H,2,8-14H2,1H3/t16-,17-/m0/s1. The Balaban J connectivity index is 1.42. The van der Waals surface area contributed by atoms with E-state index in [9.17, 15) is 4.79 Å². The lowest BCUT2D eigenvalue weighted by Gasteiger charge is -2.31. The summed E-state index contributed by atoms with van der Waals surface area (Å²) in [4.78, 5) is 21.6. The number of carbonyl (C=O) groups is 1. The van der Waals surface area contributed by atoms with Gasteiger partial charge in [-0.05, 0) is 19.1 Å². The molecule has 2 saturated heterocycles. The number of ether oxygens (including phenoxy) is 2. The number of aromatic nitrogens is 3. The van der Waals surface area contributed by atoms with Gasteiger partial charge in [-0.2, -0.15) is 5.10 Å². The Bertz CT molecular complexity index is 781. The van der Waals surface area contributed by atoms with Crippen LogP contribution >= 0.6 is 0 Å². The van der Waals surface area contributed by atoms with Crippen LogP contribution in [0.2, 0.25) is 0 Å². The first kappa shape index (κ1) is 18.9. The average molecular weight is 385 g/mol. The summed E-state index contributed by atoms with van der Waals surface area (Å²) in [6.07, 6.45) is 1.61. The lowest BCUT2D eigenvalue weighted by molar-refractivity contribution is -0.136. The van der Waals surface area contributed by atoms with Gasteiger partial charge in [0.15, 0.2) is 6.61 Å². The Morgan fingerprint density at radius 1 is 1.21 bits per heavy atom. The number of rotatable bonds is 6. The van der Waals surface area contributed by atoms with Gasteiger partial charge in [-0.1, -0.05) is 18.2 Å². The second kappa shape index (κ2) is 8.70. The highest BCUT2D eigenvalue weighted by Gasteiger charge is 2.36. The molecule has 2 aliphatic rings. The van der Waals surface area contributed by atoms with Gasteiger partial charge in [0.05, 0.1) is 25.8 Å². The maximum Gasteiger partial charge on any atom is 0.260 e. The zero-order valence-corrected chi connectivity index (χ0v) is 16.2. The largest absolute Gasteiger partial charge is 0.484 e. The van der Waals surface area contributed by atoms with Crippen molar-refractivity contribution < 1.29 is 14.3 Å². The molecule has 2 bridgehead atoms. The summed E-state index contributed by atoms with van der Waals surface area (Å²) in [5.74, 6) is 1.98. The highest BCUT2D eigenvalue weighted by atomic mass is 16.5. The van der Waals surface area contributed by atoms with Crippen LogP contribution in [0.5, 0.6) is 5.75 Å². The van der Waals surface area contributed by atoms with Crippen molar-refractivity contribution in [2.24, 2.45) is 5.92 Å². The lowest BCUT2D eigenvalue weighted by atomic mass is 10.1. The molecule has 0 radical (unpaired) electrons. The van der Waals surface area contributed by atoms with E-state index in [4.69, 9.17) is 9.47 Å². The molecule has 1 aromatic heterocycles. The molecule has 0 N–H and O–H groups in total. The number of fused-ring (bicyclic) bond motifs is 3. The van der Waals surface area contributed by atoms with Gasteiger partial charge in [-0.25, -0.2) is 9.67 Å². The molecule has 2 aromatic rings. The zero-order valence-electron chi connectivity index (χ0n) is 16.2. The van der Waals surface area contributed by atoms with Gasteiger partial charge in [-0.15, -0.1) is 0 Å². The van der Waals surface area contributed by atoms with Crippen molar-refractivity contribution in [1.29, 1.82) is 0 Å². The van der Waals surface area contributed by atoms with E-state index in [1.807, 2.05) is 39.9 Å². The second-order valence-electron chi connectivity index (χ2n) is 7.39. The predicted octanol–water partition coefficient (Wildman–Crippen LogP) is 1.04. The summed E-state index contributed by atoms with van der Waals surface area (Å²) in [5, 5.41) is 4.27. The number of nitrogens with zero attached hydrogens (tertiary/aromatic N) is 5. The van der Waals surface area contributed by atoms with E-state index in [2.05, 4.69) is 21.9 Å². The third kappa shape index (κ3) is 4.34. The van der Waals surface area contributed by atoms with Crippen molar-refractivity contribution >= 4 is 5.91 Å². The van der Waals surface area contributed by atoms with Crippen molar-refractivity contribution in [3.8, 4) is 5.75 Å². The van der Waals surface area contributed by atoms with Gasteiger partial charge >= 0.3 is 0 Å². The molecule has 150 valence electrons. The maximum absolute atomic E-state index is 12.9. The van der Waals surface area contributed by atoms with E-state index < -0.39 is 0 Å². The van der Waals surface area contributed by atoms with Gasteiger partial charge in [0.2, 0.25) is 0 Å². The molecule has 2 atom stereocenters. The molecular formula is C20H27N5O3. The van der Waals surface area contributed by atoms with E-state index in [1.165, 1.54) is 0 Å². The molecule has 2 fully saturated rings. The van der Waals surface area contributed by atoms with Crippen LogP contribution in [0.3, 0.4) is 0 Å². The normalized spacial score (nSPS) is 22.7. The molecule has 28 heavy (non-hydrogen) atoms. The zero-order chi connectivity index (χ0) is 19.3. The molecule has 0 saturated carbocycles. The van der Waals surface area contributed by atoms with E-state index in [-0.39, 0.29) is 24.5 Å². The van der Waals surface area contributed by atoms with Gasteiger partial charge in [-0.3, -0.25) is 9.69 Å². The first-order valence-electron chi connectivity index (χ1n) is 9.87. The average Bonchev–Trinajstić information content (AvgIpc) is 2.95. The Labute approximate surface area is 165 Å². The molecular weight excluding hydrogens is 358 g/mol. The summed E-state index contributed by atoms with van der Waals surface area (Å²) in [7, 11) is 0. The summed E-state index contributed by atoms with van der Waals surface area (Å²) in [5.41, 5.74) is 0. The molecule has 3 heterocycles. The first-order chi connectivity index (χ1) is 13.7. The van der Waals surface area contributed by atoms with Gasteiger partial charge in [0, 0.05) is 32.1 Å². The highest BCUT2D eigenvalue weighted by molar-refractivity contribution is 5.78. The lowest BCUT2D eigenvalue weighted by Crippen LogP contribution is -2.48. The molecule has 8 nitrogen and oxygen atoms in total. The van der Waals surface area contributed by atoms with Crippen LogP contribution in [0.1, 0.15) is 12.7 Å². The molecule has 4 rings (SSSR count). The number of amides is 1. The number of para-hydroxylation sites is 1. The highest BCUT2D eigenvalue weighted by Crippen LogP contribution is 2.21. The Morgan fingerprint density at radius 3 is 2.89 bits per heavy atom. The van der Waals surface area contributed by atoms with Crippen molar-refractivity contribution in [3.05, 3.63) is 42.5 Å². The molecule has 0 unspecified atom stereocenters. The molecule has 8 heteroatoms. The summed E-state index contributed by atoms with van der Waals surface area (Å²) < 4.78 is 13.4. The fourth-order valence-electron chi connectivity index (χ4n) is 3.99. The van der Waals surface area contributed by atoms with Crippen LogP contribution in [-0.2, 0) is 22.6 Å². The molecule has 1 amide bonds. The van der Waals surface area contributed by atoms with Crippen LogP contribution in [-0.4, -0.2) is 76.0 Å². The summed E-state index contributed by atoms with van der Waals surface area (Å²) >= 11 is 0. The summed E-state index contributed by atoms with van der Waals surface area (Å²) in [6.45, 7) is 7.26. The number of hydrogen-bond donors (Lipinski definition) is 0. The van der Waals surface area contributed by atoms with E-state index >= 15 is 0 Å². The minimum Gasteiger partial charge on any atom is -0.484 e. The number of hydrogen-bond acceptors (Lipinski definition) is 6. The van der Waals surface area contributed by atoms with E-state index in [0.717, 1.165) is 32.0 Å². The Hall–Kier alpha value is -2.45. The van der Waals surface area contributed by atoms with Crippen molar-refractivity contribution in [2.75, 3.05) is 39.5 Å². The fourth-order valence-corrected chi connectivity index (χ4v) is 3.99. The third-order valence-corrected chi connectivity index (χ3v) is 5.33. The number of aryl methyl sites for hydroxylation is 1. The topological polar surface area (TPSA) is 72.7 Å². The Kier molecular flexibility index (Phi) is 5.87. The quantitative estimate of drug-likeness (QED) is 0.740. The number of benzene rings is 1. The predicted molar refractivity (Wildman–Crippen MR) is 103 cm³/mol. The molecule has 1 aromatic carbocycles. The monoisotopic (exact) mass is 385 g/mol. The van der Waals surface area contributed by atoms with E-state index in [1.54, 1.807) is 6.33 Å². The fraction of sp³-hybridized carbons (Fsp3) is 0.550. The van der Waals surface area contributed by atoms with Gasteiger partial charge in [0.25, 0.3) is 5.91 Å². The molecule has 2 aliphatic heterocycles. The number of carbonyl (C=O) groups excluding carboxylic acids is 1. The van der Waals surface area contributed by atoms with Gasteiger partial charge in [0.1, 0.15) is 17.9 Å². The second-order valence-corrected chi connectivity index (χ2v) is 7.39. The van der Waals surface area contributed by atoms with Crippen LogP contribution in [0.25, 0.3) is 0 Å². The molecule has 0 spiro atoms. The summed E-state index contributed by atoms with van der Waals surface area (Å²) in [6, 6.07) is 9.49. The van der Waals surface area contributed by atoms with Gasteiger partial charge < -0.3 is 14.4 Å². The minimum atomic E-state index is 0.0166. The minimum absolute atomic E-state index is 0.0166. The SMILES string of the molecule is CCn1ncnc1CN1C[C@@H]2COC[C@H](C1)N(C(=O)COc1ccccc1)C2. The first-order valence-corrected chi connectivity index (χ1v) is 9.87.